The zero-order valence-corrected chi connectivity index (χ0v) is 15.5. The van der Waals surface area contributed by atoms with E-state index in [9.17, 15) is 4.79 Å². The van der Waals surface area contributed by atoms with Crippen molar-refractivity contribution in [2.45, 2.75) is 25.4 Å². The molecule has 0 amide bonds. The van der Waals surface area contributed by atoms with Gasteiger partial charge in [-0.05, 0) is 36.8 Å². The number of hydrogen-bond donors (Lipinski definition) is 1. The molecule has 1 aliphatic rings. The first-order chi connectivity index (χ1) is 13.0. The van der Waals surface area contributed by atoms with E-state index in [1.165, 1.54) is 0 Å². The summed E-state index contributed by atoms with van der Waals surface area (Å²) < 4.78 is 17.3. The van der Waals surface area contributed by atoms with Crippen molar-refractivity contribution in [2.24, 2.45) is 0 Å². The summed E-state index contributed by atoms with van der Waals surface area (Å²) in [4.78, 5) is 11.0. The van der Waals surface area contributed by atoms with Gasteiger partial charge in [-0.25, -0.2) is 0 Å². The van der Waals surface area contributed by atoms with Crippen molar-refractivity contribution >= 4 is 17.6 Å². The number of carboxylic acid groups (broad SMARTS) is 1. The number of hydrogen-bond acceptors (Lipinski definition) is 4. The predicted molar refractivity (Wildman–Crippen MR) is 102 cm³/mol. The van der Waals surface area contributed by atoms with E-state index in [1.807, 2.05) is 12.1 Å². The van der Waals surface area contributed by atoms with Crippen molar-refractivity contribution in [3.05, 3.63) is 53.1 Å². The Hall–Kier alpha value is -2.84. The lowest BCUT2D eigenvalue weighted by molar-refractivity contribution is -0.137. The summed E-state index contributed by atoms with van der Waals surface area (Å²) in [5.41, 5.74) is 0.847. The van der Waals surface area contributed by atoms with Crippen LogP contribution in [-0.2, 0) is 4.79 Å². The summed E-state index contributed by atoms with van der Waals surface area (Å²) in [7, 11) is 0. The Bertz CT molecular complexity index is 866. The predicted octanol–water partition coefficient (Wildman–Crippen LogP) is 4.14. The zero-order chi connectivity index (χ0) is 19.2. The fourth-order valence-electron chi connectivity index (χ4n) is 2.76. The number of rotatable bonds is 6. The molecule has 0 spiro atoms. The number of carbonyl (C=O) groups is 1. The van der Waals surface area contributed by atoms with Crippen LogP contribution in [0.1, 0.15) is 24.8 Å². The van der Waals surface area contributed by atoms with E-state index in [0.717, 1.165) is 5.56 Å². The van der Waals surface area contributed by atoms with Gasteiger partial charge in [-0.1, -0.05) is 29.7 Å². The first-order valence-electron chi connectivity index (χ1n) is 8.51. The summed E-state index contributed by atoms with van der Waals surface area (Å²) >= 11 is 5.98. The lowest BCUT2D eigenvalue weighted by Crippen LogP contribution is -2.34. The smallest absolute Gasteiger partial charge is 0.304 e. The Morgan fingerprint density at radius 2 is 2.07 bits per heavy atom. The van der Waals surface area contributed by atoms with Crippen LogP contribution in [0.25, 0.3) is 0 Å². The zero-order valence-electron chi connectivity index (χ0n) is 14.8. The van der Waals surface area contributed by atoms with E-state index in [-0.39, 0.29) is 18.4 Å². The maximum absolute atomic E-state index is 11.0. The molecule has 1 aliphatic heterocycles. The maximum atomic E-state index is 11.0. The summed E-state index contributed by atoms with van der Waals surface area (Å²) in [6, 6.07) is 12.5. The average molecular weight is 387 g/mol. The van der Waals surface area contributed by atoms with Gasteiger partial charge in [0, 0.05) is 11.1 Å². The Kier molecular flexibility index (Phi) is 6.10. The Labute approximate surface area is 162 Å². The lowest BCUT2D eigenvalue weighted by atomic mass is 9.96. The van der Waals surface area contributed by atoms with Gasteiger partial charge in [0.15, 0.2) is 17.6 Å². The first kappa shape index (κ1) is 18.9. The molecule has 0 aliphatic carbocycles. The van der Waals surface area contributed by atoms with Crippen LogP contribution >= 0.6 is 11.6 Å². The van der Waals surface area contributed by atoms with Crippen LogP contribution in [0.4, 0.5) is 0 Å². The standard InChI is InChI=1S/C21H19ClO5/c1-2-3-15(10-21(23)24)14-4-7-17(8-5-14)25-12-18-13-26-19-9-6-16(22)11-20(19)27-18/h4-9,11,15,18H,10,12-13H2,1H3,(H,23,24)/t15-,18-/m1/s1. The molecule has 3 rings (SSSR count). The molecule has 6 heteroatoms. The molecule has 0 fully saturated rings. The van der Waals surface area contributed by atoms with Gasteiger partial charge in [-0.3, -0.25) is 4.79 Å². The Balaban J connectivity index is 1.59. The average Bonchev–Trinajstić information content (AvgIpc) is 2.66. The molecule has 27 heavy (non-hydrogen) atoms. The molecular formula is C21H19ClO5. The molecule has 0 bridgehead atoms. The summed E-state index contributed by atoms with van der Waals surface area (Å²) in [5.74, 6) is 6.43. The molecule has 2 atom stereocenters. The number of benzene rings is 2. The second kappa shape index (κ2) is 8.70. The van der Waals surface area contributed by atoms with Crippen molar-refractivity contribution in [3.63, 3.8) is 0 Å². The van der Waals surface area contributed by atoms with E-state index >= 15 is 0 Å². The minimum Gasteiger partial charge on any atom is -0.490 e. The quantitative estimate of drug-likeness (QED) is 0.756. The molecule has 0 aromatic heterocycles. The normalized spacial score (nSPS) is 16.0. The highest BCUT2D eigenvalue weighted by Gasteiger charge is 2.22. The molecule has 0 saturated carbocycles. The summed E-state index contributed by atoms with van der Waals surface area (Å²) in [5, 5.41) is 9.60. The Morgan fingerprint density at radius 1 is 1.30 bits per heavy atom. The van der Waals surface area contributed by atoms with Crippen LogP contribution in [0.3, 0.4) is 0 Å². The van der Waals surface area contributed by atoms with Gasteiger partial charge < -0.3 is 19.3 Å². The number of carboxylic acids is 1. The van der Waals surface area contributed by atoms with E-state index < -0.39 is 5.97 Å². The van der Waals surface area contributed by atoms with Crippen LogP contribution < -0.4 is 14.2 Å². The van der Waals surface area contributed by atoms with E-state index in [2.05, 4.69) is 11.8 Å². The van der Waals surface area contributed by atoms with Crippen LogP contribution in [0.15, 0.2) is 42.5 Å². The minimum atomic E-state index is -0.877. The lowest BCUT2D eigenvalue weighted by Gasteiger charge is -2.26. The highest BCUT2D eigenvalue weighted by Crippen LogP contribution is 2.34. The van der Waals surface area contributed by atoms with Gasteiger partial charge in [-0.2, -0.15) is 0 Å². The summed E-state index contributed by atoms with van der Waals surface area (Å²) in [6.45, 7) is 2.40. The summed E-state index contributed by atoms with van der Waals surface area (Å²) in [6.07, 6.45) is -0.280. The maximum Gasteiger partial charge on any atom is 0.304 e. The van der Waals surface area contributed by atoms with Crippen molar-refractivity contribution in [2.75, 3.05) is 13.2 Å². The molecule has 5 nitrogen and oxygen atoms in total. The molecule has 2 aromatic rings. The Morgan fingerprint density at radius 3 is 2.78 bits per heavy atom. The second-order valence-corrected chi connectivity index (χ2v) is 6.50. The molecular weight excluding hydrogens is 368 g/mol. The van der Waals surface area contributed by atoms with Crippen LogP contribution in [0.5, 0.6) is 17.2 Å². The van der Waals surface area contributed by atoms with E-state index in [4.69, 9.17) is 30.9 Å². The third kappa shape index (κ3) is 5.08. The number of fused-ring (bicyclic) bond motifs is 1. The largest absolute Gasteiger partial charge is 0.490 e. The van der Waals surface area contributed by atoms with Gasteiger partial charge in [0.05, 0.1) is 12.3 Å². The van der Waals surface area contributed by atoms with Gasteiger partial charge in [0.2, 0.25) is 0 Å². The van der Waals surface area contributed by atoms with Crippen molar-refractivity contribution in [1.82, 2.24) is 0 Å². The van der Waals surface area contributed by atoms with Gasteiger partial charge in [0.1, 0.15) is 19.0 Å². The molecule has 0 unspecified atom stereocenters. The monoisotopic (exact) mass is 386 g/mol. The van der Waals surface area contributed by atoms with Gasteiger partial charge in [-0.15, -0.1) is 5.92 Å². The number of ether oxygens (including phenoxy) is 3. The van der Waals surface area contributed by atoms with Gasteiger partial charge in [0.25, 0.3) is 0 Å². The third-order valence-corrected chi connectivity index (χ3v) is 4.27. The molecule has 2 aromatic carbocycles. The molecule has 1 N–H and O–H groups in total. The van der Waals surface area contributed by atoms with E-state index in [1.54, 1.807) is 37.3 Å². The molecule has 0 radical (unpaired) electrons. The van der Waals surface area contributed by atoms with Crippen molar-refractivity contribution in [3.8, 4) is 29.1 Å². The second-order valence-electron chi connectivity index (χ2n) is 6.07. The minimum absolute atomic E-state index is 0.0315. The topological polar surface area (TPSA) is 65.0 Å². The highest BCUT2D eigenvalue weighted by molar-refractivity contribution is 6.30. The first-order valence-corrected chi connectivity index (χ1v) is 8.89. The SMILES string of the molecule is CC#C[C@H](CC(=O)O)c1ccc(OC[C@@H]2COc3ccc(Cl)cc3O2)cc1. The van der Waals surface area contributed by atoms with Crippen LogP contribution in [-0.4, -0.2) is 30.4 Å². The molecule has 0 saturated heterocycles. The number of aliphatic carboxylic acids is 1. The third-order valence-electron chi connectivity index (χ3n) is 4.04. The number of halogens is 1. The molecule has 140 valence electrons. The fraction of sp³-hybridized carbons (Fsp3) is 0.286. The highest BCUT2D eigenvalue weighted by atomic mass is 35.5. The van der Waals surface area contributed by atoms with Crippen LogP contribution in [0.2, 0.25) is 5.02 Å². The van der Waals surface area contributed by atoms with Gasteiger partial charge >= 0.3 is 5.97 Å². The van der Waals surface area contributed by atoms with Crippen molar-refractivity contribution < 1.29 is 24.1 Å². The van der Waals surface area contributed by atoms with Crippen LogP contribution in [0, 0.1) is 11.8 Å². The van der Waals surface area contributed by atoms with E-state index in [0.29, 0.717) is 35.5 Å². The molecule has 1 heterocycles. The van der Waals surface area contributed by atoms with Crippen molar-refractivity contribution in [1.29, 1.82) is 0 Å². The fourth-order valence-corrected chi connectivity index (χ4v) is 2.92.